The van der Waals surface area contributed by atoms with E-state index in [-0.39, 0.29) is 5.91 Å². The lowest BCUT2D eigenvalue weighted by atomic mass is 9.92. The average Bonchev–Trinajstić information content (AvgIpc) is 3.06. The number of hydrogen-bond donors (Lipinski definition) is 3. The van der Waals surface area contributed by atoms with Crippen LogP contribution in [0.2, 0.25) is 5.02 Å². The molecular formula is C19H22ClN3O2. The SMILES string of the molecule is COc1cc(C(=O)NCc2ccccc2Cl)ccc1C1CNNC1C. The van der Waals surface area contributed by atoms with Gasteiger partial charge < -0.3 is 10.1 Å². The first kappa shape index (κ1) is 17.7. The Labute approximate surface area is 152 Å². The van der Waals surface area contributed by atoms with Crippen molar-refractivity contribution in [3.63, 3.8) is 0 Å². The number of methoxy groups -OCH3 is 1. The average molecular weight is 360 g/mol. The number of rotatable bonds is 5. The normalized spacial score (nSPS) is 19.6. The lowest BCUT2D eigenvalue weighted by molar-refractivity contribution is 0.0950. The molecule has 0 bridgehead atoms. The molecule has 0 radical (unpaired) electrons. The van der Waals surface area contributed by atoms with Gasteiger partial charge in [-0.3, -0.25) is 15.6 Å². The van der Waals surface area contributed by atoms with Crippen LogP contribution in [-0.2, 0) is 6.54 Å². The summed E-state index contributed by atoms with van der Waals surface area (Å²) in [5.74, 6) is 0.878. The third-order valence-electron chi connectivity index (χ3n) is 4.55. The van der Waals surface area contributed by atoms with Gasteiger partial charge in [-0.1, -0.05) is 35.9 Å². The Hall–Kier alpha value is -2.08. The fourth-order valence-electron chi connectivity index (χ4n) is 3.06. The Bertz CT molecular complexity index is 766. The standard InChI is InChI=1S/C19H22ClN3O2/c1-12-16(11-22-23-12)15-8-7-13(9-18(15)25-2)19(24)21-10-14-5-3-4-6-17(14)20/h3-9,12,16,22-23H,10-11H2,1-2H3,(H,21,24). The second kappa shape index (κ2) is 7.87. The van der Waals surface area contributed by atoms with Crippen LogP contribution in [0.4, 0.5) is 0 Å². The molecule has 1 fully saturated rings. The van der Waals surface area contributed by atoms with Crippen LogP contribution in [0.25, 0.3) is 0 Å². The minimum atomic E-state index is -0.152. The van der Waals surface area contributed by atoms with Crippen molar-refractivity contribution in [3.05, 3.63) is 64.2 Å². The second-order valence-electron chi connectivity index (χ2n) is 6.15. The molecule has 1 heterocycles. The molecule has 1 aliphatic heterocycles. The highest BCUT2D eigenvalue weighted by atomic mass is 35.5. The topological polar surface area (TPSA) is 62.4 Å². The zero-order chi connectivity index (χ0) is 17.8. The van der Waals surface area contributed by atoms with Crippen molar-refractivity contribution in [2.75, 3.05) is 13.7 Å². The van der Waals surface area contributed by atoms with E-state index in [9.17, 15) is 4.79 Å². The lowest BCUT2D eigenvalue weighted by Gasteiger charge is -2.18. The van der Waals surface area contributed by atoms with Crippen LogP contribution < -0.4 is 20.9 Å². The largest absolute Gasteiger partial charge is 0.496 e. The Morgan fingerprint density at radius 2 is 2.12 bits per heavy atom. The molecule has 25 heavy (non-hydrogen) atoms. The van der Waals surface area contributed by atoms with E-state index in [1.807, 2.05) is 36.4 Å². The van der Waals surface area contributed by atoms with Crippen molar-refractivity contribution in [2.45, 2.75) is 25.4 Å². The number of nitrogens with one attached hydrogen (secondary N) is 3. The van der Waals surface area contributed by atoms with Gasteiger partial charge in [-0.25, -0.2) is 0 Å². The number of hydrogen-bond acceptors (Lipinski definition) is 4. The van der Waals surface area contributed by atoms with Crippen LogP contribution in [0.15, 0.2) is 42.5 Å². The van der Waals surface area contributed by atoms with Gasteiger partial charge in [0.2, 0.25) is 0 Å². The number of hydrazine groups is 1. The Balaban J connectivity index is 1.74. The van der Waals surface area contributed by atoms with Crippen molar-refractivity contribution in [2.24, 2.45) is 0 Å². The summed E-state index contributed by atoms with van der Waals surface area (Å²) in [6.07, 6.45) is 0. The summed E-state index contributed by atoms with van der Waals surface area (Å²) >= 11 is 6.13. The summed E-state index contributed by atoms with van der Waals surface area (Å²) in [5.41, 5.74) is 8.91. The highest BCUT2D eigenvalue weighted by Gasteiger charge is 2.27. The van der Waals surface area contributed by atoms with E-state index < -0.39 is 0 Å². The first-order chi connectivity index (χ1) is 12.1. The molecule has 2 unspecified atom stereocenters. The van der Waals surface area contributed by atoms with E-state index in [0.29, 0.717) is 29.1 Å². The highest BCUT2D eigenvalue weighted by Crippen LogP contribution is 2.31. The molecule has 2 aromatic carbocycles. The first-order valence-corrected chi connectivity index (χ1v) is 8.66. The van der Waals surface area contributed by atoms with Gasteiger partial charge in [-0.05, 0) is 30.7 Å². The molecule has 1 amide bonds. The van der Waals surface area contributed by atoms with Crippen LogP contribution >= 0.6 is 11.6 Å². The second-order valence-corrected chi connectivity index (χ2v) is 6.56. The molecule has 0 spiro atoms. The van der Waals surface area contributed by atoms with Gasteiger partial charge in [-0.15, -0.1) is 0 Å². The minimum Gasteiger partial charge on any atom is -0.496 e. The number of amides is 1. The fourth-order valence-corrected chi connectivity index (χ4v) is 3.27. The van der Waals surface area contributed by atoms with Gasteiger partial charge in [0.15, 0.2) is 0 Å². The molecule has 0 aliphatic carbocycles. The summed E-state index contributed by atoms with van der Waals surface area (Å²) in [4.78, 5) is 12.5. The molecule has 132 valence electrons. The Morgan fingerprint density at radius 3 is 2.80 bits per heavy atom. The van der Waals surface area contributed by atoms with Crippen LogP contribution in [0.1, 0.15) is 34.3 Å². The molecule has 6 heteroatoms. The summed E-state index contributed by atoms with van der Waals surface area (Å²) in [5, 5.41) is 3.55. The molecule has 1 aliphatic rings. The minimum absolute atomic E-state index is 0.152. The Kier molecular flexibility index (Phi) is 5.58. The maximum atomic E-state index is 12.5. The van der Waals surface area contributed by atoms with E-state index in [1.165, 1.54) is 0 Å². The van der Waals surface area contributed by atoms with Crippen molar-refractivity contribution in [1.82, 2.24) is 16.2 Å². The van der Waals surface area contributed by atoms with E-state index in [1.54, 1.807) is 13.2 Å². The quantitative estimate of drug-likeness (QED) is 0.768. The summed E-state index contributed by atoms with van der Waals surface area (Å²) < 4.78 is 5.52. The van der Waals surface area contributed by atoms with Gasteiger partial charge in [0.25, 0.3) is 5.91 Å². The van der Waals surface area contributed by atoms with Gasteiger partial charge in [-0.2, -0.15) is 0 Å². The highest BCUT2D eigenvalue weighted by molar-refractivity contribution is 6.31. The van der Waals surface area contributed by atoms with Crippen molar-refractivity contribution < 1.29 is 9.53 Å². The number of halogens is 1. The van der Waals surface area contributed by atoms with Crippen molar-refractivity contribution in [3.8, 4) is 5.75 Å². The van der Waals surface area contributed by atoms with Crippen LogP contribution in [0.3, 0.4) is 0 Å². The molecule has 2 aromatic rings. The van der Waals surface area contributed by atoms with E-state index in [0.717, 1.165) is 23.4 Å². The van der Waals surface area contributed by atoms with E-state index in [2.05, 4.69) is 23.1 Å². The maximum Gasteiger partial charge on any atom is 0.251 e. The first-order valence-electron chi connectivity index (χ1n) is 8.28. The molecule has 3 N–H and O–H groups in total. The van der Waals surface area contributed by atoms with Gasteiger partial charge in [0.05, 0.1) is 7.11 Å². The van der Waals surface area contributed by atoms with E-state index >= 15 is 0 Å². The summed E-state index contributed by atoms with van der Waals surface area (Å²) in [6.45, 7) is 3.33. The molecule has 5 nitrogen and oxygen atoms in total. The predicted molar refractivity (Wildman–Crippen MR) is 99.0 cm³/mol. The zero-order valence-electron chi connectivity index (χ0n) is 14.3. The third kappa shape index (κ3) is 3.95. The molecule has 0 aromatic heterocycles. The summed E-state index contributed by atoms with van der Waals surface area (Å²) in [7, 11) is 1.63. The Morgan fingerprint density at radius 1 is 1.32 bits per heavy atom. The lowest BCUT2D eigenvalue weighted by Crippen LogP contribution is -2.28. The van der Waals surface area contributed by atoms with Crippen molar-refractivity contribution in [1.29, 1.82) is 0 Å². The zero-order valence-corrected chi connectivity index (χ0v) is 15.1. The maximum absolute atomic E-state index is 12.5. The van der Waals surface area contributed by atoms with Gasteiger partial charge in [0.1, 0.15) is 5.75 Å². The number of ether oxygens (including phenoxy) is 1. The van der Waals surface area contributed by atoms with Gasteiger partial charge in [0, 0.05) is 41.2 Å². The molecule has 1 saturated heterocycles. The predicted octanol–water partition coefficient (Wildman–Crippen LogP) is 2.86. The monoisotopic (exact) mass is 359 g/mol. The number of carbonyl (C=O) groups is 1. The van der Waals surface area contributed by atoms with Crippen LogP contribution in [0, 0.1) is 0 Å². The number of carbonyl (C=O) groups excluding carboxylic acids is 1. The molecule has 2 atom stereocenters. The smallest absolute Gasteiger partial charge is 0.251 e. The molecule has 0 saturated carbocycles. The molecular weight excluding hydrogens is 338 g/mol. The van der Waals surface area contributed by atoms with Crippen LogP contribution in [-0.4, -0.2) is 25.6 Å². The summed E-state index contributed by atoms with van der Waals surface area (Å²) in [6, 6.07) is 13.4. The van der Waals surface area contributed by atoms with E-state index in [4.69, 9.17) is 16.3 Å². The van der Waals surface area contributed by atoms with Gasteiger partial charge >= 0.3 is 0 Å². The third-order valence-corrected chi connectivity index (χ3v) is 4.92. The molecule has 3 rings (SSSR count). The fraction of sp³-hybridized carbons (Fsp3) is 0.316. The van der Waals surface area contributed by atoms with Crippen molar-refractivity contribution >= 4 is 17.5 Å². The van der Waals surface area contributed by atoms with Crippen LogP contribution in [0.5, 0.6) is 5.75 Å². The number of benzene rings is 2.